The zero-order valence-electron chi connectivity index (χ0n) is 26.1. The first-order chi connectivity index (χ1) is 18.1. The molecular formula is C35H71NO. The molecule has 0 aromatic heterocycles. The first kappa shape index (κ1) is 36.7. The van der Waals surface area contributed by atoms with Gasteiger partial charge in [0.2, 0.25) is 0 Å². The Balaban J connectivity index is 3.99. The third-order valence-electron chi connectivity index (χ3n) is 8.11. The van der Waals surface area contributed by atoms with E-state index in [0.29, 0.717) is 0 Å². The Hall–Kier alpha value is -0.340. The van der Waals surface area contributed by atoms with Crippen molar-refractivity contribution in [1.82, 2.24) is 4.90 Å². The van der Waals surface area contributed by atoms with Crippen molar-refractivity contribution in [2.24, 2.45) is 5.92 Å². The summed E-state index contributed by atoms with van der Waals surface area (Å²) in [4.78, 5) is 2.57. The van der Waals surface area contributed by atoms with E-state index in [1.54, 1.807) is 0 Å². The lowest BCUT2D eigenvalue weighted by Gasteiger charge is -2.28. The summed E-state index contributed by atoms with van der Waals surface area (Å²) in [5.74, 6) is 0.734. The molecule has 0 aliphatic rings. The molecule has 0 heterocycles. The van der Waals surface area contributed by atoms with Gasteiger partial charge in [-0.05, 0) is 44.6 Å². The lowest BCUT2D eigenvalue weighted by Crippen LogP contribution is -2.36. The fourth-order valence-corrected chi connectivity index (χ4v) is 5.65. The second-order valence-corrected chi connectivity index (χ2v) is 12.2. The predicted molar refractivity (Wildman–Crippen MR) is 169 cm³/mol. The van der Waals surface area contributed by atoms with Gasteiger partial charge in [0.15, 0.2) is 0 Å². The Morgan fingerprint density at radius 3 is 1.46 bits per heavy atom. The fraction of sp³-hybridized carbons (Fsp3) is 0.943. The van der Waals surface area contributed by atoms with E-state index in [0.717, 1.165) is 38.4 Å². The van der Waals surface area contributed by atoms with Crippen LogP contribution >= 0.6 is 0 Å². The van der Waals surface area contributed by atoms with Gasteiger partial charge in [0.1, 0.15) is 0 Å². The van der Waals surface area contributed by atoms with E-state index >= 15 is 0 Å². The van der Waals surface area contributed by atoms with Crippen LogP contribution in [0.2, 0.25) is 0 Å². The van der Waals surface area contributed by atoms with Gasteiger partial charge < -0.3 is 10.0 Å². The second-order valence-electron chi connectivity index (χ2n) is 12.2. The Kier molecular flexibility index (Phi) is 29.9. The van der Waals surface area contributed by atoms with E-state index in [-0.39, 0.29) is 6.10 Å². The molecule has 2 heteroatoms. The number of aliphatic hydroxyl groups excluding tert-OH is 1. The predicted octanol–water partition coefficient (Wildman–Crippen LogP) is 11.3. The van der Waals surface area contributed by atoms with Gasteiger partial charge in [0.25, 0.3) is 0 Å². The highest BCUT2D eigenvalue weighted by Crippen LogP contribution is 2.17. The molecule has 0 saturated carbocycles. The van der Waals surface area contributed by atoms with Crippen LogP contribution in [-0.2, 0) is 0 Å². The second kappa shape index (κ2) is 30.2. The van der Waals surface area contributed by atoms with E-state index in [1.165, 1.54) is 148 Å². The Labute approximate surface area is 235 Å². The summed E-state index contributed by atoms with van der Waals surface area (Å²) in [6.07, 6.45) is 35.6. The van der Waals surface area contributed by atoms with Gasteiger partial charge in [-0.2, -0.15) is 0 Å². The topological polar surface area (TPSA) is 23.5 Å². The molecule has 0 radical (unpaired) electrons. The van der Waals surface area contributed by atoms with Gasteiger partial charge in [-0.3, -0.25) is 0 Å². The lowest BCUT2D eigenvalue weighted by molar-refractivity contribution is 0.0931. The largest absolute Gasteiger partial charge is 0.392 e. The first-order valence-corrected chi connectivity index (χ1v) is 17.1. The van der Waals surface area contributed by atoms with E-state index in [4.69, 9.17) is 0 Å². The van der Waals surface area contributed by atoms with Gasteiger partial charge in [-0.1, -0.05) is 155 Å². The van der Waals surface area contributed by atoms with E-state index in [2.05, 4.69) is 32.3 Å². The maximum atomic E-state index is 10.8. The molecule has 0 bridgehead atoms. The summed E-state index contributed by atoms with van der Waals surface area (Å²) < 4.78 is 0. The van der Waals surface area contributed by atoms with Crippen LogP contribution in [-0.4, -0.2) is 35.7 Å². The van der Waals surface area contributed by atoms with Crippen LogP contribution in [0.5, 0.6) is 0 Å². The average molecular weight is 522 g/mol. The zero-order valence-corrected chi connectivity index (χ0v) is 26.1. The first-order valence-electron chi connectivity index (χ1n) is 17.1. The number of rotatable bonds is 31. The summed E-state index contributed by atoms with van der Waals surface area (Å²) in [6, 6.07) is 0. The molecule has 2 nitrogen and oxygen atoms in total. The van der Waals surface area contributed by atoms with Crippen molar-refractivity contribution in [2.75, 3.05) is 19.6 Å². The van der Waals surface area contributed by atoms with Crippen LogP contribution in [0.4, 0.5) is 0 Å². The molecule has 2 atom stereocenters. The minimum atomic E-state index is -0.155. The third kappa shape index (κ3) is 28.5. The van der Waals surface area contributed by atoms with Gasteiger partial charge in [-0.25, -0.2) is 0 Å². The van der Waals surface area contributed by atoms with Crippen molar-refractivity contribution in [3.63, 3.8) is 0 Å². The monoisotopic (exact) mass is 522 g/mol. The summed E-state index contributed by atoms with van der Waals surface area (Å²) in [5, 5.41) is 10.8. The van der Waals surface area contributed by atoms with Gasteiger partial charge in [-0.15, -0.1) is 6.58 Å². The normalized spacial score (nSPS) is 13.3. The van der Waals surface area contributed by atoms with Crippen molar-refractivity contribution >= 4 is 0 Å². The van der Waals surface area contributed by atoms with Crippen LogP contribution in [0.15, 0.2) is 12.7 Å². The quantitative estimate of drug-likeness (QED) is 0.0724. The van der Waals surface area contributed by atoms with Crippen molar-refractivity contribution in [2.45, 2.75) is 187 Å². The van der Waals surface area contributed by atoms with Crippen LogP contribution in [0.1, 0.15) is 181 Å². The van der Waals surface area contributed by atoms with Crippen LogP contribution in [0, 0.1) is 5.92 Å². The van der Waals surface area contributed by atoms with Crippen LogP contribution in [0.3, 0.4) is 0 Å². The molecule has 0 aromatic carbocycles. The minimum Gasteiger partial charge on any atom is -0.392 e. The van der Waals surface area contributed by atoms with E-state index in [9.17, 15) is 5.11 Å². The maximum Gasteiger partial charge on any atom is 0.0667 e. The van der Waals surface area contributed by atoms with Crippen molar-refractivity contribution in [3.05, 3.63) is 12.7 Å². The van der Waals surface area contributed by atoms with Crippen molar-refractivity contribution in [1.29, 1.82) is 0 Å². The summed E-state index contributed by atoms with van der Waals surface area (Å²) >= 11 is 0. The van der Waals surface area contributed by atoms with Crippen molar-refractivity contribution < 1.29 is 5.11 Å². The fourth-order valence-electron chi connectivity index (χ4n) is 5.65. The SMILES string of the molecule is C=CCCCCN(CC(C)CCCCCCCCCCCC)CC(O)CCCCCCCCCCCC. The standard InChI is InChI=1S/C35H71NO/c1-5-8-11-14-16-18-20-22-24-26-29-34(4)32-36(31-28-13-10-7-3)33-35(37)30-27-25-23-21-19-17-15-12-9-6-2/h7,34-35,37H,3,5-6,8-33H2,1-2,4H3. The molecule has 0 fully saturated rings. The van der Waals surface area contributed by atoms with Crippen LogP contribution in [0.25, 0.3) is 0 Å². The van der Waals surface area contributed by atoms with Gasteiger partial charge >= 0.3 is 0 Å². The molecule has 0 aliphatic carbocycles. The molecule has 0 aliphatic heterocycles. The lowest BCUT2D eigenvalue weighted by atomic mass is 10.00. The summed E-state index contributed by atoms with van der Waals surface area (Å²) in [5.41, 5.74) is 0. The van der Waals surface area contributed by atoms with Gasteiger partial charge in [0, 0.05) is 13.1 Å². The molecule has 0 spiro atoms. The highest BCUT2D eigenvalue weighted by molar-refractivity contribution is 4.71. The Morgan fingerprint density at radius 2 is 1.00 bits per heavy atom. The summed E-state index contributed by atoms with van der Waals surface area (Å²) in [7, 11) is 0. The third-order valence-corrected chi connectivity index (χ3v) is 8.11. The highest BCUT2D eigenvalue weighted by atomic mass is 16.3. The number of hydrogen-bond donors (Lipinski definition) is 1. The molecule has 222 valence electrons. The molecule has 0 saturated heterocycles. The molecule has 37 heavy (non-hydrogen) atoms. The number of hydrogen-bond acceptors (Lipinski definition) is 2. The van der Waals surface area contributed by atoms with Crippen LogP contribution < -0.4 is 0 Å². The number of allylic oxidation sites excluding steroid dienone is 1. The molecule has 0 amide bonds. The minimum absolute atomic E-state index is 0.155. The molecular weight excluding hydrogens is 450 g/mol. The maximum absolute atomic E-state index is 10.8. The smallest absolute Gasteiger partial charge is 0.0667 e. The van der Waals surface area contributed by atoms with Gasteiger partial charge in [0.05, 0.1) is 6.10 Å². The number of unbranched alkanes of at least 4 members (excludes halogenated alkanes) is 20. The Bertz CT molecular complexity index is 405. The number of aliphatic hydroxyl groups is 1. The van der Waals surface area contributed by atoms with E-state index in [1.807, 2.05) is 6.08 Å². The average Bonchev–Trinajstić information content (AvgIpc) is 2.88. The highest BCUT2D eigenvalue weighted by Gasteiger charge is 2.14. The molecule has 0 rings (SSSR count). The molecule has 1 N–H and O–H groups in total. The molecule has 2 unspecified atom stereocenters. The van der Waals surface area contributed by atoms with E-state index < -0.39 is 0 Å². The number of nitrogens with zero attached hydrogens (tertiary/aromatic N) is 1. The Morgan fingerprint density at radius 1 is 0.568 bits per heavy atom. The van der Waals surface area contributed by atoms with Crippen molar-refractivity contribution in [3.8, 4) is 0 Å². The summed E-state index contributed by atoms with van der Waals surface area (Å²) in [6.45, 7) is 14.0. The zero-order chi connectivity index (χ0) is 27.2. The molecule has 0 aromatic rings.